The van der Waals surface area contributed by atoms with Gasteiger partial charge in [-0.1, -0.05) is 6.07 Å². The van der Waals surface area contributed by atoms with Crippen LogP contribution in [-0.4, -0.2) is 46.7 Å². The van der Waals surface area contributed by atoms with Crippen LogP contribution in [0.4, 0.5) is 5.82 Å². The Bertz CT molecular complexity index is 974. The second-order valence-electron chi connectivity index (χ2n) is 6.84. The van der Waals surface area contributed by atoms with E-state index in [0.717, 1.165) is 17.7 Å². The molecule has 7 nitrogen and oxygen atoms in total. The Morgan fingerprint density at radius 1 is 1.14 bits per heavy atom. The summed E-state index contributed by atoms with van der Waals surface area (Å²) in [5, 5.41) is 9.27. The van der Waals surface area contributed by atoms with E-state index in [-0.39, 0.29) is 17.9 Å². The molecule has 8 heteroatoms. The van der Waals surface area contributed by atoms with Gasteiger partial charge in [0.05, 0.1) is 24.2 Å². The van der Waals surface area contributed by atoms with Crippen molar-refractivity contribution in [3.63, 3.8) is 0 Å². The molecule has 0 saturated carbocycles. The lowest BCUT2D eigenvalue weighted by molar-refractivity contribution is 0.0696. The third-order valence-corrected chi connectivity index (χ3v) is 5.95. The van der Waals surface area contributed by atoms with Gasteiger partial charge in [-0.25, -0.2) is 4.68 Å². The number of benzene rings is 1. The van der Waals surface area contributed by atoms with Crippen LogP contribution in [0.1, 0.15) is 38.9 Å². The maximum atomic E-state index is 12.6. The van der Waals surface area contributed by atoms with E-state index in [0.29, 0.717) is 30.2 Å². The molecule has 0 atom stereocenters. The normalized spacial score (nSPS) is 14.6. The molecule has 0 spiro atoms. The molecular formula is C21H22N4O3S. The fourth-order valence-corrected chi connectivity index (χ4v) is 4.20. The van der Waals surface area contributed by atoms with Gasteiger partial charge < -0.3 is 15.0 Å². The molecular weight excluding hydrogens is 388 g/mol. The van der Waals surface area contributed by atoms with E-state index in [9.17, 15) is 9.59 Å². The minimum atomic E-state index is -0.195. The van der Waals surface area contributed by atoms with Crippen molar-refractivity contribution in [2.45, 2.75) is 18.9 Å². The van der Waals surface area contributed by atoms with Gasteiger partial charge in [-0.05, 0) is 48.6 Å². The molecule has 1 saturated heterocycles. The summed E-state index contributed by atoms with van der Waals surface area (Å²) in [5.74, 6) is 1.26. The zero-order valence-electron chi connectivity index (χ0n) is 16.1. The molecule has 1 aromatic carbocycles. The number of rotatable bonds is 5. The Balaban J connectivity index is 1.39. The predicted octanol–water partition coefficient (Wildman–Crippen LogP) is 3.68. The second-order valence-corrected chi connectivity index (χ2v) is 7.79. The fourth-order valence-electron chi connectivity index (χ4n) is 3.50. The first kappa shape index (κ1) is 19.2. The average Bonchev–Trinajstić information content (AvgIpc) is 3.46. The lowest BCUT2D eigenvalue weighted by Gasteiger charge is -2.32. The van der Waals surface area contributed by atoms with Crippen LogP contribution in [0.2, 0.25) is 0 Å². The number of amides is 2. The molecule has 1 aliphatic rings. The number of nitrogens with zero attached hydrogens (tertiary/aromatic N) is 3. The Hall–Kier alpha value is -3.13. The first-order valence-electron chi connectivity index (χ1n) is 9.47. The number of thiophene rings is 1. The summed E-state index contributed by atoms with van der Waals surface area (Å²) in [4.78, 5) is 27.8. The Morgan fingerprint density at radius 3 is 2.55 bits per heavy atom. The molecule has 150 valence electrons. The predicted molar refractivity (Wildman–Crippen MR) is 112 cm³/mol. The molecule has 3 heterocycles. The van der Waals surface area contributed by atoms with Crippen LogP contribution < -0.4 is 10.1 Å². The van der Waals surface area contributed by atoms with Crippen molar-refractivity contribution in [2.24, 2.45) is 0 Å². The number of likely N-dealkylation sites (tertiary alicyclic amines) is 1. The van der Waals surface area contributed by atoms with Crippen LogP contribution >= 0.6 is 11.3 Å². The molecule has 2 amide bonds. The molecule has 0 unspecified atom stereocenters. The van der Waals surface area contributed by atoms with Crippen LogP contribution in [0, 0.1) is 0 Å². The Morgan fingerprint density at radius 2 is 1.90 bits per heavy atom. The van der Waals surface area contributed by atoms with Gasteiger partial charge in [-0.3, -0.25) is 9.59 Å². The summed E-state index contributed by atoms with van der Waals surface area (Å²) in [6.07, 6.45) is 3.28. The first-order valence-corrected chi connectivity index (χ1v) is 10.4. The van der Waals surface area contributed by atoms with Crippen LogP contribution in [0.15, 0.2) is 54.0 Å². The summed E-state index contributed by atoms with van der Waals surface area (Å²) in [6, 6.07) is 12.7. The van der Waals surface area contributed by atoms with Crippen LogP contribution in [0.5, 0.6) is 5.75 Å². The number of hydrogen-bond acceptors (Lipinski definition) is 5. The quantitative estimate of drug-likeness (QED) is 0.696. The molecule has 4 rings (SSSR count). The highest BCUT2D eigenvalue weighted by atomic mass is 32.1. The van der Waals surface area contributed by atoms with Gasteiger partial charge in [0.2, 0.25) is 0 Å². The summed E-state index contributed by atoms with van der Waals surface area (Å²) in [6.45, 7) is 1.35. The number of anilines is 1. The van der Waals surface area contributed by atoms with Gasteiger partial charge in [0.25, 0.3) is 11.8 Å². The van der Waals surface area contributed by atoms with Gasteiger partial charge in [0, 0.05) is 24.7 Å². The van der Waals surface area contributed by atoms with E-state index in [4.69, 9.17) is 4.74 Å². The molecule has 2 aromatic heterocycles. The number of hydrogen-bond donors (Lipinski definition) is 1. The van der Waals surface area contributed by atoms with Gasteiger partial charge >= 0.3 is 0 Å². The molecule has 0 aliphatic carbocycles. The van der Waals surface area contributed by atoms with Crippen molar-refractivity contribution in [3.05, 3.63) is 64.5 Å². The van der Waals surface area contributed by atoms with E-state index in [1.807, 2.05) is 27.1 Å². The monoisotopic (exact) mass is 410 g/mol. The molecule has 0 bridgehead atoms. The van der Waals surface area contributed by atoms with E-state index >= 15 is 0 Å². The average molecular weight is 410 g/mol. The molecule has 1 N–H and O–H groups in total. The van der Waals surface area contributed by atoms with Crippen molar-refractivity contribution < 1.29 is 14.3 Å². The van der Waals surface area contributed by atoms with E-state index < -0.39 is 0 Å². The van der Waals surface area contributed by atoms with Gasteiger partial charge in [0.1, 0.15) is 11.6 Å². The Labute approximate surface area is 172 Å². The number of nitrogens with one attached hydrogen (secondary N) is 1. The van der Waals surface area contributed by atoms with Crippen molar-refractivity contribution in [1.82, 2.24) is 14.7 Å². The summed E-state index contributed by atoms with van der Waals surface area (Å²) in [5.41, 5.74) is 0.551. The lowest BCUT2D eigenvalue weighted by Crippen LogP contribution is -2.39. The summed E-state index contributed by atoms with van der Waals surface area (Å²) < 4.78 is 6.98. The van der Waals surface area contributed by atoms with Gasteiger partial charge in [-0.2, -0.15) is 5.10 Å². The third kappa shape index (κ3) is 4.17. The van der Waals surface area contributed by atoms with Crippen LogP contribution in [-0.2, 0) is 0 Å². The van der Waals surface area contributed by atoms with Crippen molar-refractivity contribution in [1.29, 1.82) is 0 Å². The number of carbonyl (C=O) groups is 2. The maximum Gasteiger partial charge on any atom is 0.263 e. The number of ether oxygens (including phenoxy) is 1. The van der Waals surface area contributed by atoms with Crippen molar-refractivity contribution in [2.75, 3.05) is 25.5 Å². The number of carbonyl (C=O) groups excluding carboxylic acids is 2. The zero-order chi connectivity index (χ0) is 20.2. The highest BCUT2D eigenvalue weighted by molar-refractivity contribution is 7.12. The summed E-state index contributed by atoms with van der Waals surface area (Å²) in [7, 11) is 1.59. The minimum Gasteiger partial charge on any atom is -0.497 e. The first-order chi connectivity index (χ1) is 14.2. The second kappa shape index (κ2) is 8.48. The standard InChI is InChI=1S/C21H22N4O3S/c1-28-17-6-4-15(5-7-17)20(26)23-19-8-11-22-25(19)16-9-12-24(13-10-16)21(27)18-3-2-14-29-18/h2-8,11,14,16H,9-10,12-13H2,1H3,(H,23,26). The topological polar surface area (TPSA) is 76.5 Å². The molecule has 0 radical (unpaired) electrons. The van der Waals surface area contributed by atoms with E-state index in [1.165, 1.54) is 11.3 Å². The molecule has 1 aliphatic heterocycles. The smallest absolute Gasteiger partial charge is 0.263 e. The highest BCUT2D eigenvalue weighted by Crippen LogP contribution is 2.27. The van der Waals surface area contributed by atoms with Crippen molar-refractivity contribution >= 4 is 29.0 Å². The van der Waals surface area contributed by atoms with Gasteiger partial charge in [0.15, 0.2) is 0 Å². The lowest BCUT2D eigenvalue weighted by atomic mass is 10.0. The third-order valence-electron chi connectivity index (χ3n) is 5.09. The fraction of sp³-hybridized carbons (Fsp3) is 0.286. The zero-order valence-corrected chi connectivity index (χ0v) is 16.9. The molecule has 1 fully saturated rings. The summed E-state index contributed by atoms with van der Waals surface area (Å²) >= 11 is 1.47. The number of methoxy groups -OCH3 is 1. The van der Waals surface area contributed by atoms with Crippen LogP contribution in [0.25, 0.3) is 0 Å². The number of piperidine rings is 1. The van der Waals surface area contributed by atoms with Gasteiger partial charge in [-0.15, -0.1) is 11.3 Å². The number of aromatic nitrogens is 2. The Kier molecular flexibility index (Phi) is 5.62. The highest BCUT2D eigenvalue weighted by Gasteiger charge is 2.26. The van der Waals surface area contributed by atoms with E-state index in [1.54, 1.807) is 43.6 Å². The van der Waals surface area contributed by atoms with Crippen LogP contribution in [0.3, 0.4) is 0 Å². The largest absolute Gasteiger partial charge is 0.497 e. The maximum absolute atomic E-state index is 12.6. The molecule has 29 heavy (non-hydrogen) atoms. The minimum absolute atomic E-state index is 0.0898. The molecule has 3 aromatic rings. The van der Waals surface area contributed by atoms with E-state index in [2.05, 4.69) is 10.4 Å². The van der Waals surface area contributed by atoms with Crippen molar-refractivity contribution in [3.8, 4) is 5.75 Å². The SMILES string of the molecule is COc1ccc(C(=O)Nc2ccnn2C2CCN(C(=O)c3cccs3)CC2)cc1.